The van der Waals surface area contributed by atoms with Crippen LogP contribution in [0.25, 0.3) is 22.2 Å². The molecule has 0 radical (unpaired) electrons. The van der Waals surface area contributed by atoms with Crippen LogP contribution in [-0.4, -0.2) is 28.3 Å². The van der Waals surface area contributed by atoms with Gasteiger partial charge in [-0.15, -0.1) is 11.8 Å². The molecule has 0 fully saturated rings. The first kappa shape index (κ1) is 20.2. The van der Waals surface area contributed by atoms with Crippen LogP contribution in [0.1, 0.15) is 17.4 Å². The second-order valence-corrected chi connectivity index (χ2v) is 7.91. The Bertz CT molecular complexity index is 1130. The normalized spacial score (nSPS) is 12.0. The van der Waals surface area contributed by atoms with E-state index in [0.29, 0.717) is 11.6 Å². The van der Waals surface area contributed by atoms with Gasteiger partial charge in [0.25, 0.3) is 0 Å². The van der Waals surface area contributed by atoms with Gasteiger partial charge in [-0.05, 0) is 34.5 Å². The predicted molar refractivity (Wildman–Crippen MR) is 120 cm³/mol. The van der Waals surface area contributed by atoms with E-state index in [1.54, 1.807) is 6.26 Å². The average Bonchev–Trinajstić information content (AvgIpc) is 3.26. The van der Waals surface area contributed by atoms with E-state index in [1.165, 1.54) is 11.8 Å². The third-order valence-electron chi connectivity index (χ3n) is 4.71. The van der Waals surface area contributed by atoms with E-state index in [4.69, 9.17) is 4.42 Å². The van der Waals surface area contributed by atoms with E-state index in [9.17, 15) is 9.90 Å². The van der Waals surface area contributed by atoms with Crippen LogP contribution in [0, 0.1) is 0 Å². The van der Waals surface area contributed by atoms with E-state index in [2.05, 4.69) is 10.3 Å². The predicted octanol–water partition coefficient (Wildman–Crippen LogP) is 4.58. The largest absolute Gasteiger partial charge is 0.444 e. The molecule has 4 rings (SSSR count). The van der Waals surface area contributed by atoms with Crippen molar-refractivity contribution in [3.63, 3.8) is 0 Å². The molecular formula is C24H22N2O3S. The van der Waals surface area contributed by atoms with Crippen molar-refractivity contribution in [2.75, 3.05) is 12.3 Å². The first-order chi connectivity index (χ1) is 14.7. The molecule has 0 aliphatic carbocycles. The summed E-state index contributed by atoms with van der Waals surface area (Å²) < 4.78 is 5.51. The summed E-state index contributed by atoms with van der Waals surface area (Å²) in [6, 6.07) is 23.5. The fourth-order valence-corrected chi connectivity index (χ4v) is 3.86. The molecule has 1 heterocycles. The van der Waals surface area contributed by atoms with Crippen LogP contribution in [0.4, 0.5) is 0 Å². The van der Waals surface area contributed by atoms with Gasteiger partial charge in [-0.3, -0.25) is 4.79 Å². The maximum atomic E-state index is 12.1. The zero-order valence-electron chi connectivity index (χ0n) is 16.3. The standard InChI is InChI=1S/C24H22N2O3S/c27-22(20-11-10-17-6-4-5-9-19(17)12-20)13-25-23(28)16-30-15-21-14-29-24(26-21)18-7-2-1-3-8-18/h1-12,14,22,27H,13,15-16H2,(H,25,28). The maximum Gasteiger partial charge on any atom is 0.230 e. The number of thioether (sulfide) groups is 1. The maximum absolute atomic E-state index is 12.1. The number of hydrogen-bond donors (Lipinski definition) is 2. The number of rotatable bonds is 8. The van der Waals surface area contributed by atoms with E-state index < -0.39 is 6.10 Å². The summed E-state index contributed by atoms with van der Waals surface area (Å²) in [4.78, 5) is 16.6. The van der Waals surface area contributed by atoms with Gasteiger partial charge in [-0.25, -0.2) is 4.98 Å². The Hall–Kier alpha value is -3.09. The van der Waals surface area contributed by atoms with Crippen molar-refractivity contribution in [2.24, 2.45) is 0 Å². The summed E-state index contributed by atoms with van der Waals surface area (Å²) >= 11 is 1.46. The molecule has 3 aromatic carbocycles. The molecule has 0 aliphatic rings. The number of amides is 1. The highest BCUT2D eigenvalue weighted by Crippen LogP contribution is 2.21. The molecular weight excluding hydrogens is 396 g/mol. The summed E-state index contributed by atoms with van der Waals surface area (Å²) in [6.45, 7) is 0.180. The number of oxazole rings is 1. The Morgan fingerprint density at radius 1 is 1.03 bits per heavy atom. The van der Waals surface area contributed by atoms with Gasteiger partial charge >= 0.3 is 0 Å². The van der Waals surface area contributed by atoms with Crippen molar-refractivity contribution in [2.45, 2.75) is 11.9 Å². The molecule has 1 amide bonds. The average molecular weight is 419 g/mol. The van der Waals surface area contributed by atoms with E-state index >= 15 is 0 Å². The molecule has 1 aromatic heterocycles. The number of aromatic nitrogens is 1. The van der Waals surface area contributed by atoms with Gasteiger partial charge in [-0.1, -0.05) is 54.6 Å². The third-order valence-corrected chi connectivity index (χ3v) is 5.67. The van der Waals surface area contributed by atoms with Gasteiger partial charge < -0.3 is 14.8 Å². The first-order valence-electron chi connectivity index (χ1n) is 9.70. The molecule has 4 aromatic rings. The quantitative estimate of drug-likeness (QED) is 0.438. The Morgan fingerprint density at radius 2 is 1.80 bits per heavy atom. The topological polar surface area (TPSA) is 75.4 Å². The molecule has 1 unspecified atom stereocenters. The molecule has 0 saturated heterocycles. The summed E-state index contributed by atoms with van der Waals surface area (Å²) in [5.41, 5.74) is 2.51. The lowest BCUT2D eigenvalue weighted by atomic mass is 10.0. The van der Waals surface area contributed by atoms with E-state index in [-0.39, 0.29) is 18.2 Å². The number of aliphatic hydroxyl groups is 1. The number of nitrogens with one attached hydrogen (secondary N) is 1. The van der Waals surface area contributed by atoms with Gasteiger partial charge in [-0.2, -0.15) is 0 Å². The molecule has 1 atom stereocenters. The Labute approximate surface area is 179 Å². The number of benzene rings is 3. The highest BCUT2D eigenvalue weighted by atomic mass is 32.2. The van der Waals surface area contributed by atoms with Crippen molar-refractivity contribution < 1.29 is 14.3 Å². The minimum absolute atomic E-state index is 0.119. The van der Waals surface area contributed by atoms with Crippen LogP contribution in [0.3, 0.4) is 0 Å². The minimum Gasteiger partial charge on any atom is -0.444 e. The zero-order valence-corrected chi connectivity index (χ0v) is 17.1. The minimum atomic E-state index is -0.743. The number of carbonyl (C=O) groups excluding carboxylic acids is 1. The smallest absolute Gasteiger partial charge is 0.230 e. The highest BCUT2D eigenvalue weighted by Gasteiger charge is 2.11. The van der Waals surface area contributed by atoms with Crippen LogP contribution < -0.4 is 5.32 Å². The first-order valence-corrected chi connectivity index (χ1v) is 10.9. The van der Waals surface area contributed by atoms with Crippen molar-refractivity contribution in [1.82, 2.24) is 10.3 Å². The molecule has 5 nitrogen and oxygen atoms in total. The fourth-order valence-electron chi connectivity index (χ4n) is 3.13. The van der Waals surface area contributed by atoms with Crippen molar-refractivity contribution in [3.05, 3.63) is 90.3 Å². The van der Waals surface area contributed by atoms with E-state index in [0.717, 1.165) is 27.6 Å². The van der Waals surface area contributed by atoms with Crippen molar-refractivity contribution in [1.29, 1.82) is 0 Å². The van der Waals surface area contributed by atoms with Gasteiger partial charge in [0, 0.05) is 17.9 Å². The second kappa shape index (κ2) is 9.61. The molecule has 0 bridgehead atoms. The lowest BCUT2D eigenvalue weighted by Gasteiger charge is -2.13. The summed E-state index contributed by atoms with van der Waals surface area (Å²) in [7, 11) is 0. The zero-order chi connectivity index (χ0) is 20.8. The molecule has 152 valence electrons. The van der Waals surface area contributed by atoms with Crippen LogP contribution in [0.2, 0.25) is 0 Å². The van der Waals surface area contributed by atoms with Gasteiger partial charge in [0.2, 0.25) is 11.8 Å². The number of hydrogen-bond acceptors (Lipinski definition) is 5. The molecule has 0 saturated carbocycles. The van der Waals surface area contributed by atoms with Crippen molar-refractivity contribution in [3.8, 4) is 11.5 Å². The monoisotopic (exact) mass is 418 g/mol. The molecule has 2 N–H and O–H groups in total. The number of nitrogens with zero attached hydrogens (tertiary/aromatic N) is 1. The lowest BCUT2D eigenvalue weighted by Crippen LogP contribution is -2.29. The Kier molecular flexibility index (Phi) is 6.47. The van der Waals surface area contributed by atoms with E-state index in [1.807, 2.05) is 72.8 Å². The Morgan fingerprint density at radius 3 is 2.63 bits per heavy atom. The summed E-state index contributed by atoms with van der Waals surface area (Å²) in [5, 5.41) is 15.4. The number of fused-ring (bicyclic) bond motifs is 1. The molecule has 0 spiro atoms. The highest BCUT2D eigenvalue weighted by molar-refractivity contribution is 7.99. The summed E-state index contributed by atoms with van der Waals surface area (Å²) in [6.07, 6.45) is 0.879. The van der Waals surface area contributed by atoms with Crippen molar-refractivity contribution >= 4 is 28.4 Å². The number of aliphatic hydroxyl groups excluding tert-OH is 1. The van der Waals surface area contributed by atoms with Crippen LogP contribution in [0.15, 0.2) is 83.5 Å². The second-order valence-electron chi connectivity index (χ2n) is 6.93. The Balaban J connectivity index is 1.22. The third kappa shape index (κ3) is 5.09. The van der Waals surface area contributed by atoms with Gasteiger partial charge in [0.15, 0.2) is 0 Å². The molecule has 0 aliphatic heterocycles. The SMILES string of the molecule is O=C(CSCc1coc(-c2ccccc2)n1)NCC(O)c1ccc2ccccc2c1. The van der Waals surface area contributed by atoms with Gasteiger partial charge in [0.05, 0.1) is 17.6 Å². The molecule has 30 heavy (non-hydrogen) atoms. The van der Waals surface area contributed by atoms with Gasteiger partial charge in [0.1, 0.15) is 6.26 Å². The van der Waals surface area contributed by atoms with Crippen LogP contribution >= 0.6 is 11.8 Å². The molecule has 6 heteroatoms. The summed E-state index contributed by atoms with van der Waals surface area (Å²) in [5.74, 6) is 1.33. The van der Waals surface area contributed by atoms with Crippen LogP contribution in [-0.2, 0) is 10.5 Å². The lowest BCUT2D eigenvalue weighted by molar-refractivity contribution is -0.119. The fraction of sp³-hybridized carbons (Fsp3) is 0.167. The van der Waals surface area contributed by atoms with Crippen LogP contribution in [0.5, 0.6) is 0 Å². The number of carbonyl (C=O) groups is 1.